The molecule has 0 saturated heterocycles. The van der Waals surface area contributed by atoms with Crippen LogP contribution in [0, 0.1) is 6.07 Å². The van der Waals surface area contributed by atoms with Gasteiger partial charge in [-0.05, 0) is 35.4 Å². The molecule has 1 radical (unpaired) electrons. The van der Waals surface area contributed by atoms with E-state index < -0.39 is 0 Å². The first-order valence-electron chi connectivity index (χ1n) is 5.31. The van der Waals surface area contributed by atoms with Crippen LogP contribution in [0.2, 0.25) is 0 Å². The Balaban J connectivity index is 1.73. The summed E-state index contributed by atoms with van der Waals surface area (Å²) in [5, 5.41) is 2.19. The molecule has 0 bridgehead atoms. The summed E-state index contributed by atoms with van der Waals surface area (Å²) in [5.74, 6) is 0. The molecular formula is C13H12N3. The van der Waals surface area contributed by atoms with Gasteiger partial charge in [-0.1, -0.05) is 12.1 Å². The van der Waals surface area contributed by atoms with E-state index >= 15 is 0 Å². The third-order valence-corrected chi connectivity index (χ3v) is 2.74. The number of hydrogen-bond acceptors (Lipinski definition) is 3. The van der Waals surface area contributed by atoms with Gasteiger partial charge in [0.1, 0.15) is 0 Å². The number of hydrazine groups is 1. The van der Waals surface area contributed by atoms with Crippen molar-refractivity contribution >= 4 is 5.69 Å². The minimum atomic E-state index is 0.926. The van der Waals surface area contributed by atoms with Crippen LogP contribution in [0.4, 0.5) is 5.69 Å². The van der Waals surface area contributed by atoms with Gasteiger partial charge in [0.2, 0.25) is 0 Å². The van der Waals surface area contributed by atoms with Gasteiger partial charge in [0, 0.05) is 25.5 Å². The van der Waals surface area contributed by atoms with Crippen molar-refractivity contribution in [3.8, 4) is 0 Å². The molecular weight excluding hydrogens is 198 g/mol. The highest BCUT2D eigenvalue weighted by molar-refractivity contribution is 5.41. The molecule has 0 unspecified atom stereocenters. The number of nitrogens with one attached hydrogen (secondary N) is 1. The van der Waals surface area contributed by atoms with Crippen LogP contribution < -0.4 is 5.43 Å². The molecule has 0 fully saturated rings. The summed E-state index contributed by atoms with van der Waals surface area (Å²) < 4.78 is 0. The lowest BCUT2D eigenvalue weighted by Crippen LogP contribution is -2.23. The largest absolute Gasteiger partial charge is 0.318 e. The first-order chi connectivity index (χ1) is 7.92. The van der Waals surface area contributed by atoms with Crippen LogP contribution in [0.15, 0.2) is 42.7 Å². The van der Waals surface area contributed by atoms with E-state index in [0.29, 0.717) is 0 Å². The van der Waals surface area contributed by atoms with Gasteiger partial charge in [-0.25, -0.2) is 5.01 Å². The molecule has 0 amide bonds. The number of pyridine rings is 1. The molecule has 0 aliphatic carbocycles. The van der Waals surface area contributed by atoms with E-state index in [2.05, 4.69) is 33.6 Å². The van der Waals surface area contributed by atoms with Crippen LogP contribution >= 0.6 is 0 Å². The van der Waals surface area contributed by atoms with Crippen molar-refractivity contribution in [2.45, 2.75) is 13.1 Å². The third-order valence-electron chi connectivity index (χ3n) is 2.74. The van der Waals surface area contributed by atoms with Gasteiger partial charge < -0.3 is 5.43 Å². The fourth-order valence-electron chi connectivity index (χ4n) is 1.95. The Labute approximate surface area is 94.7 Å². The molecule has 0 atom stereocenters. The standard InChI is InChI=1S/C13H12N3/c1-2-4-12-10-16(9-11(12)3-1)15-13-5-7-14-8-6-13/h1,3-8H,9-10H2,(H,14,15). The van der Waals surface area contributed by atoms with Gasteiger partial charge in [-0.15, -0.1) is 0 Å². The number of rotatable bonds is 2. The van der Waals surface area contributed by atoms with Crippen LogP contribution in [0.3, 0.4) is 0 Å². The summed E-state index contributed by atoms with van der Waals surface area (Å²) in [6, 6.07) is 13.2. The lowest BCUT2D eigenvalue weighted by molar-refractivity contribution is 0.347. The zero-order valence-electron chi connectivity index (χ0n) is 8.85. The van der Waals surface area contributed by atoms with Gasteiger partial charge in [0.25, 0.3) is 0 Å². The first-order valence-corrected chi connectivity index (χ1v) is 5.31. The molecule has 1 aromatic carbocycles. The van der Waals surface area contributed by atoms with Crippen molar-refractivity contribution in [2.75, 3.05) is 5.43 Å². The highest BCUT2D eigenvalue weighted by Gasteiger charge is 2.17. The van der Waals surface area contributed by atoms with Gasteiger partial charge >= 0.3 is 0 Å². The molecule has 79 valence electrons. The summed E-state index contributed by atoms with van der Waals surface area (Å²) >= 11 is 0. The van der Waals surface area contributed by atoms with Gasteiger partial charge in [0.15, 0.2) is 0 Å². The van der Waals surface area contributed by atoms with Crippen molar-refractivity contribution in [1.82, 2.24) is 9.99 Å². The lowest BCUT2D eigenvalue weighted by atomic mass is 10.1. The molecule has 1 aromatic heterocycles. The van der Waals surface area contributed by atoms with E-state index in [1.54, 1.807) is 12.4 Å². The van der Waals surface area contributed by atoms with E-state index in [-0.39, 0.29) is 0 Å². The quantitative estimate of drug-likeness (QED) is 0.823. The van der Waals surface area contributed by atoms with E-state index in [9.17, 15) is 0 Å². The van der Waals surface area contributed by atoms with Crippen LogP contribution in [-0.4, -0.2) is 9.99 Å². The van der Waals surface area contributed by atoms with E-state index in [1.807, 2.05) is 18.2 Å². The maximum atomic E-state index is 4.00. The second-order valence-electron chi connectivity index (χ2n) is 3.90. The average molecular weight is 210 g/mol. The monoisotopic (exact) mass is 210 g/mol. The Morgan fingerprint density at radius 2 is 1.94 bits per heavy atom. The molecule has 1 N–H and O–H groups in total. The second-order valence-corrected chi connectivity index (χ2v) is 3.90. The molecule has 1 aliphatic heterocycles. The van der Waals surface area contributed by atoms with Crippen molar-refractivity contribution in [2.24, 2.45) is 0 Å². The minimum absolute atomic E-state index is 0.926. The number of benzene rings is 1. The summed E-state index contributed by atoms with van der Waals surface area (Å²) in [6.07, 6.45) is 3.58. The Morgan fingerprint density at radius 1 is 1.12 bits per heavy atom. The summed E-state index contributed by atoms with van der Waals surface area (Å²) in [5.41, 5.74) is 7.17. The average Bonchev–Trinajstić information content (AvgIpc) is 2.72. The minimum Gasteiger partial charge on any atom is -0.318 e. The predicted molar refractivity (Wildman–Crippen MR) is 62.4 cm³/mol. The molecule has 3 nitrogen and oxygen atoms in total. The highest BCUT2D eigenvalue weighted by Crippen LogP contribution is 2.22. The fourth-order valence-corrected chi connectivity index (χ4v) is 1.95. The predicted octanol–water partition coefficient (Wildman–Crippen LogP) is 2.22. The molecule has 2 heterocycles. The van der Waals surface area contributed by atoms with Crippen molar-refractivity contribution in [1.29, 1.82) is 0 Å². The number of nitrogens with zero attached hydrogens (tertiary/aromatic N) is 2. The van der Waals surface area contributed by atoms with E-state index in [4.69, 9.17) is 0 Å². The Hall–Kier alpha value is -1.87. The summed E-state index contributed by atoms with van der Waals surface area (Å²) in [4.78, 5) is 4.00. The Kier molecular flexibility index (Phi) is 2.31. The summed E-state index contributed by atoms with van der Waals surface area (Å²) in [6.45, 7) is 1.86. The molecule has 16 heavy (non-hydrogen) atoms. The Morgan fingerprint density at radius 3 is 2.75 bits per heavy atom. The van der Waals surface area contributed by atoms with Gasteiger partial charge in [-0.3, -0.25) is 4.98 Å². The molecule has 2 aromatic rings. The number of anilines is 1. The molecule has 3 heteroatoms. The van der Waals surface area contributed by atoms with Crippen LogP contribution in [0.25, 0.3) is 0 Å². The maximum absolute atomic E-state index is 4.00. The first kappa shape index (κ1) is 9.36. The molecule has 1 aliphatic rings. The fraction of sp³-hybridized carbons (Fsp3) is 0.154. The van der Waals surface area contributed by atoms with Gasteiger partial charge in [-0.2, -0.15) is 0 Å². The number of fused-ring (bicyclic) bond motifs is 1. The molecule has 0 saturated carbocycles. The zero-order chi connectivity index (χ0) is 10.8. The molecule has 0 spiro atoms. The van der Waals surface area contributed by atoms with E-state index in [1.165, 1.54) is 11.1 Å². The van der Waals surface area contributed by atoms with Crippen LogP contribution in [-0.2, 0) is 13.1 Å². The van der Waals surface area contributed by atoms with Crippen LogP contribution in [0.1, 0.15) is 11.1 Å². The smallest absolute Gasteiger partial charge is 0.0520 e. The summed E-state index contributed by atoms with van der Waals surface area (Å²) in [7, 11) is 0. The second kappa shape index (κ2) is 3.94. The lowest BCUT2D eigenvalue weighted by Gasteiger charge is -2.17. The van der Waals surface area contributed by atoms with Crippen molar-refractivity contribution < 1.29 is 0 Å². The highest BCUT2D eigenvalue weighted by atomic mass is 15.5. The normalized spacial score (nSPS) is 14.8. The van der Waals surface area contributed by atoms with Crippen molar-refractivity contribution in [3.05, 3.63) is 59.9 Å². The SMILES string of the molecule is [c]1ccc2c(c1)CN(Nc1ccncc1)C2. The third kappa shape index (κ3) is 1.77. The molecule has 3 rings (SSSR count). The number of aromatic nitrogens is 1. The van der Waals surface area contributed by atoms with Gasteiger partial charge in [0.05, 0.1) is 5.69 Å². The maximum Gasteiger partial charge on any atom is 0.0520 e. The van der Waals surface area contributed by atoms with Crippen molar-refractivity contribution in [3.63, 3.8) is 0 Å². The zero-order valence-corrected chi connectivity index (χ0v) is 8.85. The topological polar surface area (TPSA) is 28.2 Å². The Bertz CT molecular complexity index is 457. The number of hydrogen-bond donors (Lipinski definition) is 1. The van der Waals surface area contributed by atoms with E-state index in [0.717, 1.165) is 18.8 Å². The van der Waals surface area contributed by atoms with Crippen LogP contribution in [0.5, 0.6) is 0 Å².